The van der Waals surface area contributed by atoms with Gasteiger partial charge in [-0.15, -0.1) is 0 Å². The van der Waals surface area contributed by atoms with Gasteiger partial charge in [0, 0.05) is 37.7 Å². The molecule has 0 spiro atoms. The van der Waals surface area contributed by atoms with Crippen LogP contribution in [0.1, 0.15) is 0 Å². The molecule has 1 heterocycles. The Labute approximate surface area is 127 Å². The van der Waals surface area contributed by atoms with Gasteiger partial charge >= 0.3 is 0 Å². The number of β-amino-alcohol motifs (C(OH)–C–C–N with tert-alkyl or cyclic N) is 1. The summed E-state index contributed by atoms with van der Waals surface area (Å²) >= 11 is 5.77. The highest BCUT2D eigenvalue weighted by Crippen LogP contribution is 2.28. The lowest BCUT2D eigenvalue weighted by Gasteiger charge is -2.33. The van der Waals surface area contributed by atoms with Crippen LogP contribution in [0.2, 0.25) is 5.02 Å². The second-order valence-electron chi connectivity index (χ2n) is 4.78. The topological polar surface area (TPSA) is 86.9 Å². The number of nitrogens with two attached hydrogens (primary N) is 1. The van der Waals surface area contributed by atoms with Crippen molar-refractivity contribution in [3.63, 3.8) is 0 Å². The SMILES string of the molecule is Nc1cc(Cl)cc(S(=O)(=O)N2CCN(CCO)CC2)c1F. The number of hydrogen-bond acceptors (Lipinski definition) is 5. The third-order valence-corrected chi connectivity index (χ3v) is 5.51. The third-order valence-electron chi connectivity index (χ3n) is 3.40. The van der Waals surface area contributed by atoms with Crippen LogP contribution in [-0.4, -0.2) is 62.1 Å². The van der Waals surface area contributed by atoms with Crippen LogP contribution in [0.4, 0.5) is 10.1 Å². The number of piperazine rings is 1. The van der Waals surface area contributed by atoms with Gasteiger partial charge in [0.25, 0.3) is 0 Å². The number of nitrogens with zero attached hydrogens (tertiary/aromatic N) is 2. The first-order valence-electron chi connectivity index (χ1n) is 6.44. The molecule has 0 saturated carbocycles. The molecule has 2 rings (SSSR count). The Morgan fingerprint density at radius 1 is 1.29 bits per heavy atom. The number of benzene rings is 1. The van der Waals surface area contributed by atoms with Gasteiger partial charge in [-0.2, -0.15) is 4.31 Å². The van der Waals surface area contributed by atoms with E-state index in [4.69, 9.17) is 22.4 Å². The van der Waals surface area contributed by atoms with E-state index < -0.39 is 20.7 Å². The fourth-order valence-corrected chi connectivity index (χ4v) is 4.08. The maximum Gasteiger partial charge on any atom is 0.246 e. The summed E-state index contributed by atoms with van der Waals surface area (Å²) in [7, 11) is -3.97. The van der Waals surface area contributed by atoms with E-state index in [1.165, 1.54) is 10.4 Å². The number of nitrogen functional groups attached to an aromatic ring is 1. The highest BCUT2D eigenvalue weighted by Gasteiger charge is 2.31. The molecular weight excluding hydrogens is 321 g/mol. The van der Waals surface area contributed by atoms with Crippen LogP contribution in [0.5, 0.6) is 0 Å². The second kappa shape index (κ2) is 6.45. The fraction of sp³-hybridized carbons (Fsp3) is 0.500. The lowest BCUT2D eigenvalue weighted by molar-refractivity contribution is 0.151. The molecule has 0 bridgehead atoms. The van der Waals surface area contributed by atoms with Crippen molar-refractivity contribution in [2.24, 2.45) is 0 Å². The van der Waals surface area contributed by atoms with Crippen molar-refractivity contribution in [2.45, 2.75) is 4.90 Å². The summed E-state index contributed by atoms with van der Waals surface area (Å²) in [4.78, 5) is 1.44. The van der Waals surface area contributed by atoms with Crippen LogP contribution in [-0.2, 0) is 10.0 Å². The molecular formula is C12H17ClFN3O3S. The normalized spacial score (nSPS) is 18.0. The predicted molar refractivity (Wildman–Crippen MR) is 78.1 cm³/mol. The lowest BCUT2D eigenvalue weighted by atomic mass is 10.3. The summed E-state index contributed by atoms with van der Waals surface area (Å²) in [5.74, 6) is -0.975. The molecule has 0 unspecified atom stereocenters. The molecule has 9 heteroatoms. The van der Waals surface area contributed by atoms with E-state index in [1.54, 1.807) is 0 Å². The average molecular weight is 338 g/mol. The smallest absolute Gasteiger partial charge is 0.246 e. The van der Waals surface area contributed by atoms with E-state index >= 15 is 0 Å². The first-order valence-corrected chi connectivity index (χ1v) is 8.26. The Morgan fingerprint density at radius 2 is 1.90 bits per heavy atom. The first kappa shape index (κ1) is 16.4. The Morgan fingerprint density at radius 3 is 2.48 bits per heavy atom. The number of hydrogen-bond donors (Lipinski definition) is 2. The molecule has 1 saturated heterocycles. The number of sulfonamides is 1. The van der Waals surface area contributed by atoms with Gasteiger partial charge in [-0.3, -0.25) is 4.90 Å². The standard InChI is InChI=1S/C12H17ClFN3O3S/c13-9-7-10(15)12(14)11(8-9)21(19,20)17-3-1-16(2-4-17)5-6-18/h7-8,18H,1-6,15H2. The van der Waals surface area contributed by atoms with Crippen LogP contribution in [0.25, 0.3) is 0 Å². The Balaban J connectivity index is 2.24. The third kappa shape index (κ3) is 3.46. The zero-order chi connectivity index (χ0) is 15.6. The number of rotatable bonds is 4. The van der Waals surface area contributed by atoms with Gasteiger partial charge in [0.1, 0.15) is 4.90 Å². The number of aliphatic hydroxyl groups excluding tert-OH is 1. The Kier molecular flexibility index (Phi) is 5.05. The van der Waals surface area contributed by atoms with Crippen LogP contribution in [0, 0.1) is 5.82 Å². The zero-order valence-corrected chi connectivity index (χ0v) is 12.9. The van der Waals surface area contributed by atoms with Gasteiger partial charge in [-0.1, -0.05) is 11.6 Å². The van der Waals surface area contributed by atoms with E-state index in [-0.39, 0.29) is 30.4 Å². The fourth-order valence-electron chi connectivity index (χ4n) is 2.25. The van der Waals surface area contributed by atoms with Crippen molar-refractivity contribution < 1.29 is 17.9 Å². The van der Waals surface area contributed by atoms with Gasteiger partial charge in [0.2, 0.25) is 10.0 Å². The Bertz CT molecular complexity index is 618. The summed E-state index contributed by atoms with van der Waals surface area (Å²) in [5, 5.41) is 8.94. The molecule has 1 aromatic rings. The first-order chi connectivity index (χ1) is 9.86. The van der Waals surface area contributed by atoms with Crippen molar-refractivity contribution in [1.29, 1.82) is 0 Å². The monoisotopic (exact) mass is 337 g/mol. The van der Waals surface area contributed by atoms with Crippen molar-refractivity contribution in [3.8, 4) is 0 Å². The maximum atomic E-state index is 14.0. The summed E-state index contributed by atoms with van der Waals surface area (Å²) in [6.07, 6.45) is 0. The van der Waals surface area contributed by atoms with Gasteiger partial charge in [-0.05, 0) is 12.1 Å². The zero-order valence-electron chi connectivity index (χ0n) is 11.3. The summed E-state index contributed by atoms with van der Waals surface area (Å²) < 4.78 is 40.2. The van der Waals surface area contributed by atoms with Crippen molar-refractivity contribution >= 4 is 27.3 Å². The van der Waals surface area contributed by atoms with E-state index in [2.05, 4.69) is 0 Å². The van der Waals surface area contributed by atoms with E-state index in [1.807, 2.05) is 4.90 Å². The van der Waals surface area contributed by atoms with Crippen LogP contribution in [0.15, 0.2) is 17.0 Å². The molecule has 0 atom stereocenters. The minimum absolute atomic E-state index is 0.0200. The highest BCUT2D eigenvalue weighted by atomic mass is 35.5. The van der Waals surface area contributed by atoms with Gasteiger partial charge < -0.3 is 10.8 Å². The van der Waals surface area contributed by atoms with Gasteiger partial charge in [0.05, 0.1) is 12.3 Å². The second-order valence-corrected chi connectivity index (χ2v) is 7.12. The summed E-state index contributed by atoms with van der Waals surface area (Å²) in [5.41, 5.74) is 5.14. The van der Waals surface area contributed by atoms with Crippen LogP contribution < -0.4 is 5.73 Å². The quantitative estimate of drug-likeness (QED) is 0.775. The van der Waals surface area contributed by atoms with E-state index in [9.17, 15) is 12.8 Å². The Hall–Kier alpha value is -0.930. The molecule has 1 aromatic carbocycles. The molecule has 0 radical (unpaired) electrons. The molecule has 3 N–H and O–H groups in total. The van der Waals surface area contributed by atoms with Crippen molar-refractivity contribution in [2.75, 3.05) is 45.1 Å². The van der Waals surface area contributed by atoms with Crippen LogP contribution in [0.3, 0.4) is 0 Å². The van der Waals surface area contributed by atoms with Gasteiger partial charge in [0.15, 0.2) is 5.82 Å². The minimum atomic E-state index is -3.97. The molecule has 21 heavy (non-hydrogen) atoms. The molecule has 0 amide bonds. The van der Waals surface area contributed by atoms with Crippen molar-refractivity contribution in [1.82, 2.24) is 9.21 Å². The largest absolute Gasteiger partial charge is 0.396 e. The highest BCUT2D eigenvalue weighted by molar-refractivity contribution is 7.89. The molecule has 1 aliphatic rings. The molecule has 0 aromatic heterocycles. The molecule has 1 fully saturated rings. The van der Waals surface area contributed by atoms with E-state index in [0.29, 0.717) is 19.6 Å². The van der Waals surface area contributed by atoms with Crippen LogP contribution >= 0.6 is 11.6 Å². The minimum Gasteiger partial charge on any atom is -0.396 e. The van der Waals surface area contributed by atoms with E-state index in [0.717, 1.165) is 6.07 Å². The maximum absolute atomic E-state index is 14.0. The van der Waals surface area contributed by atoms with Crippen molar-refractivity contribution in [3.05, 3.63) is 23.0 Å². The number of aliphatic hydroxyl groups is 1. The summed E-state index contributed by atoms with van der Waals surface area (Å²) in [6, 6.07) is 2.25. The van der Waals surface area contributed by atoms with Gasteiger partial charge in [-0.25, -0.2) is 12.8 Å². The predicted octanol–water partition coefficient (Wildman–Crippen LogP) is 0.360. The lowest BCUT2D eigenvalue weighted by Crippen LogP contribution is -2.49. The molecule has 0 aliphatic carbocycles. The number of halogens is 2. The summed E-state index contributed by atoms with van der Waals surface area (Å²) in [6.45, 7) is 1.94. The molecule has 6 nitrogen and oxygen atoms in total. The number of anilines is 1. The molecule has 1 aliphatic heterocycles. The average Bonchev–Trinajstić information content (AvgIpc) is 2.43. The molecule has 118 valence electrons.